The van der Waals surface area contributed by atoms with Gasteiger partial charge in [-0.25, -0.2) is 31.0 Å². The summed E-state index contributed by atoms with van der Waals surface area (Å²) in [6, 6.07) is 2.88. The second-order valence-corrected chi connectivity index (χ2v) is 8.10. The minimum Gasteiger partial charge on any atom is -0.345 e. The predicted molar refractivity (Wildman–Crippen MR) is 104 cm³/mol. The Morgan fingerprint density at radius 3 is 2.47 bits per heavy atom. The Labute approximate surface area is 176 Å². The van der Waals surface area contributed by atoms with Gasteiger partial charge in [-0.05, 0) is 30.3 Å². The first-order valence-electron chi connectivity index (χ1n) is 8.65. The molecular weight excluding hydrogens is 456 g/mol. The van der Waals surface area contributed by atoms with E-state index in [-0.39, 0.29) is 11.0 Å². The van der Waals surface area contributed by atoms with Crippen molar-refractivity contribution in [2.75, 3.05) is 4.72 Å². The molecule has 4 aromatic rings. The summed E-state index contributed by atoms with van der Waals surface area (Å²) in [4.78, 5) is 32.3. The van der Waals surface area contributed by atoms with Crippen LogP contribution in [0.4, 0.5) is 23.2 Å². The monoisotopic (exact) mass is 466 g/mol. The number of carbonyl (C=O) groups excluding carboxylic acids is 1. The van der Waals surface area contributed by atoms with Crippen molar-refractivity contribution in [3.05, 3.63) is 87.6 Å². The smallest absolute Gasteiger partial charge is 0.265 e. The Hall–Kier alpha value is -4.00. The van der Waals surface area contributed by atoms with E-state index in [0.29, 0.717) is 30.3 Å². The largest absolute Gasteiger partial charge is 0.345 e. The first-order valence-corrected chi connectivity index (χ1v) is 10.1. The van der Waals surface area contributed by atoms with Crippen LogP contribution < -0.4 is 10.3 Å². The molecule has 0 bridgehead atoms. The quantitative estimate of drug-likeness (QED) is 0.308. The first-order chi connectivity index (χ1) is 15.1. The lowest BCUT2D eigenvalue weighted by molar-refractivity contribution is 0.103. The van der Waals surface area contributed by atoms with Gasteiger partial charge in [-0.15, -0.1) is 0 Å². The lowest BCUT2D eigenvalue weighted by Gasteiger charge is -2.12. The van der Waals surface area contributed by atoms with Crippen LogP contribution in [-0.4, -0.2) is 29.2 Å². The van der Waals surface area contributed by atoms with Gasteiger partial charge in [0.2, 0.25) is 5.78 Å². The van der Waals surface area contributed by atoms with Crippen molar-refractivity contribution in [3.63, 3.8) is 0 Å². The van der Waals surface area contributed by atoms with Crippen molar-refractivity contribution in [3.8, 4) is 0 Å². The molecule has 13 heteroatoms. The van der Waals surface area contributed by atoms with Crippen molar-refractivity contribution >= 4 is 32.5 Å². The van der Waals surface area contributed by atoms with Crippen LogP contribution in [0.3, 0.4) is 0 Å². The first kappa shape index (κ1) is 21.2. The van der Waals surface area contributed by atoms with Gasteiger partial charge < -0.3 is 9.97 Å². The molecule has 0 unspecified atom stereocenters. The summed E-state index contributed by atoms with van der Waals surface area (Å²) in [5.41, 5.74) is -3.25. The number of aromatic amines is 2. The third-order valence-electron chi connectivity index (χ3n) is 4.47. The summed E-state index contributed by atoms with van der Waals surface area (Å²) in [6.45, 7) is 0. The second-order valence-electron chi connectivity index (χ2n) is 6.45. The van der Waals surface area contributed by atoms with Gasteiger partial charge >= 0.3 is 0 Å². The molecule has 0 aliphatic heterocycles. The molecule has 3 N–H and O–H groups in total. The number of nitrogens with zero attached hydrogens (tertiary/aromatic N) is 1. The number of carbonyl (C=O) groups is 1. The van der Waals surface area contributed by atoms with E-state index in [9.17, 15) is 31.2 Å². The number of rotatable bonds is 5. The van der Waals surface area contributed by atoms with Gasteiger partial charge in [0.25, 0.3) is 15.6 Å². The van der Waals surface area contributed by atoms with Crippen LogP contribution in [0.25, 0.3) is 11.0 Å². The van der Waals surface area contributed by atoms with Crippen LogP contribution in [0, 0.1) is 23.3 Å². The number of anilines is 1. The molecule has 4 rings (SSSR count). The third kappa shape index (κ3) is 3.51. The van der Waals surface area contributed by atoms with Crippen LogP contribution >= 0.6 is 0 Å². The number of ketones is 1. The van der Waals surface area contributed by atoms with E-state index in [0.717, 1.165) is 12.5 Å². The summed E-state index contributed by atoms with van der Waals surface area (Å²) < 4.78 is 83.2. The lowest BCUT2D eigenvalue weighted by atomic mass is 10.0. The van der Waals surface area contributed by atoms with Gasteiger partial charge in [0.1, 0.15) is 28.0 Å². The standard InChI is InChI=1S/C19H10F4N4O4S/c20-8-1-2-10(21)13(5-8)32(30,31)27-12-4-3-11(22)15(16(12)23)17(28)9-6-24-18-14(9)19(29)26-7-25-18/h1-7,27H,(H2,24,25,26,29). The minimum absolute atomic E-state index is 0.0173. The van der Waals surface area contributed by atoms with E-state index in [1.54, 1.807) is 4.72 Å². The normalized spacial score (nSPS) is 11.6. The third-order valence-corrected chi connectivity index (χ3v) is 5.85. The molecule has 8 nitrogen and oxygen atoms in total. The number of fused-ring (bicyclic) bond motifs is 1. The Bertz CT molecular complexity index is 1560. The highest BCUT2D eigenvalue weighted by Crippen LogP contribution is 2.28. The van der Waals surface area contributed by atoms with Crippen LogP contribution in [0.5, 0.6) is 0 Å². The Morgan fingerprint density at radius 1 is 1.00 bits per heavy atom. The second kappa shape index (κ2) is 7.60. The highest BCUT2D eigenvalue weighted by Gasteiger charge is 2.28. The SMILES string of the molecule is O=C(c1c(F)ccc(NS(=O)(=O)c2cc(F)ccc2F)c1F)c1c[nH]c2nc[nH]c(=O)c12. The molecular formula is C19H10F4N4O4S. The van der Waals surface area contributed by atoms with Gasteiger partial charge in [0, 0.05) is 6.20 Å². The van der Waals surface area contributed by atoms with E-state index in [4.69, 9.17) is 0 Å². The number of halogens is 4. The number of H-pyrrole nitrogens is 2. The molecule has 0 amide bonds. The van der Waals surface area contributed by atoms with Crippen LogP contribution in [-0.2, 0) is 10.0 Å². The lowest BCUT2D eigenvalue weighted by Crippen LogP contribution is -2.18. The van der Waals surface area contributed by atoms with Crippen molar-refractivity contribution in [1.29, 1.82) is 0 Å². The van der Waals surface area contributed by atoms with Gasteiger partial charge in [-0.2, -0.15) is 0 Å². The summed E-state index contributed by atoms with van der Waals surface area (Å²) in [7, 11) is -4.85. The van der Waals surface area contributed by atoms with Crippen LogP contribution in [0.15, 0.2) is 52.5 Å². The molecule has 0 saturated carbocycles. The molecule has 0 fully saturated rings. The number of hydrogen-bond donors (Lipinski definition) is 3. The molecule has 0 atom stereocenters. The molecule has 32 heavy (non-hydrogen) atoms. The van der Waals surface area contributed by atoms with Gasteiger partial charge in [0.15, 0.2) is 5.82 Å². The van der Waals surface area contributed by atoms with Crippen molar-refractivity contribution in [2.24, 2.45) is 0 Å². The maximum absolute atomic E-state index is 15.0. The zero-order valence-electron chi connectivity index (χ0n) is 15.5. The van der Waals surface area contributed by atoms with Gasteiger partial charge in [-0.3, -0.25) is 14.3 Å². The molecule has 2 aromatic heterocycles. The molecule has 0 spiro atoms. The topological polar surface area (TPSA) is 125 Å². The molecule has 0 saturated heterocycles. The average molecular weight is 466 g/mol. The molecule has 0 aliphatic carbocycles. The Kier molecular flexibility index (Phi) is 5.05. The number of aromatic nitrogens is 3. The summed E-state index contributed by atoms with van der Waals surface area (Å²) >= 11 is 0. The molecule has 2 aromatic carbocycles. The Balaban J connectivity index is 1.81. The average Bonchev–Trinajstić information content (AvgIpc) is 3.17. The fourth-order valence-electron chi connectivity index (χ4n) is 3.01. The summed E-state index contributed by atoms with van der Waals surface area (Å²) in [5, 5.41) is -0.260. The number of sulfonamides is 1. The predicted octanol–water partition coefficient (Wildman–Crippen LogP) is 2.84. The van der Waals surface area contributed by atoms with E-state index in [1.807, 2.05) is 0 Å². The minimum atomic E-state index is -4.85. The zero-order chi connectivity index (χ0) is 23.2. The van der Waals surface area contributed by atoms with Crippen molar-refractivity contribution in [2.45, 2.75) is 4.90 Å². The van der Waals surface area contributed by atoms with Crippen molar-refractivity contribution in [1.82, 2.24) is 15.0 Å². The maximum atomic E-state index is 15.0. The number of nitrogens with one attached hydrogen (secondary N) is 3. The number of benzene rings is 2. The summed E-state index contributed by atoms with van der Waals surface area (Å²) in [5.74, 6) is -6.63. The van der Waals surface area contributed by atoms with Gasteiger partial charge in [-0.1, -0.05) is 0 Å². The van der Waals surface area contributed by atoms with Crippen LogP contribution in [0.1, 0.15) is 15.9 Å². The highest BCUT2D eigenvalue weighted by atomic mass is 32.2. The fraction of sp³-hybridized carbons (Fsp3) is 0. The Morgan fingerprint density at radius 2 is 1.72 bits per heavy atom. The maximum Gasteiger partial charge on any atom is 0.265 e. The van der Waals surface area contributed by atoms with E-state index >= 15 is 4.39 Å². The van der Waals surface area contributed by atoms with Crippen LogP contribution in [0.2, 0.25) is 0 Å². The molecule has 0 radical (unpaired) electrons. The highest BCUT2D eigenvalue weighted by molar-refractivity contribution is 7.92. The van der Waals surface area contributed by atoms with E-state index < -0.39 is 66.3 Å². The summed E-state index contributed by atoms with van der Waals surface area (Å²) in [6.07, 6.45) is 2.07. The molecule has 2 heterocycles. The number of hydrogen-bond acceptors (Lipinski definition) is 5. The fourth-order valence-corrected chi connectivity index (χ4v) is 4.16. The molecule has 0 aliphatic rings. The van der Waals surface area contributed by atoms with Gasteiger partial charge in [0.05, 0.1) is 28.5 Å². The van der Waals surface area contributed by atoms with E-state index in [2.05, 4.69) is 15.0 Å². The van der Waals surface area contributed by atoms with E-state index in [1.165, 1.54) is 0 Å². The molecule has 164 valence electrons. The zero-order valence-corrected chi connectivity index (χ0v) is 16.4. The van der Waals surface area contributed by atoms with Crippen molar-refractivity contribution < 1.29 is 30.8 Å².